The van der Waals surface area contributed by atoms with E-state index >= 15 is 0 Å². The van der Waals surface area contributed by atoms with E-state index in [1.165, 1.54) is 13.2 Å². The number of aliphatic hydroxyl groups excluding tert-OH is 2. The number of phenols is 2. The first kappa shape index (κ1) is 54.4. The quantitative estimate of drug-likeness (QED) is 0.0943. The molecule has 6 heterocycles. The van der Waals surface area contributed by atoms with E-state index in [4.69, 9.17) is 34.0 Å². The molecule has 6 aliphatic heterocycles. The van der Waals surface area contributed by atoms with Gasteiger partial charge in [-0.25, -0.2) is 0 Å². The number of benzene rings is 2. The highest BCUT2D eigenvalue weighted by molar-refractivity contribution is 6.19. The van der Waals surface area contributed by atoms with E-state index in [-0.39, 0.29) is 87.2 Å². The Labute approximate surface area is 422 Å². The minimum absolute atomic E-state index is 0.0240. The molecule has 2 fully saturated rings. The predicted molar refractivity (Wildman–Crippen MR) is 270 cm³/mol. The molecule has 2 aromatic rings. The maximum atomic E-state index is 14.8. The minimum Gasteiger partial charge on any atom is -0.507 e. The second-order valence-electron chi connectivity index (χ2n) is 21.2. The van der Waals surface area contributed by atoms with E-state index in [1.54, 1.807) is 37.0 Å². The highest BCUT2D eigenvalue weighted by Gasteiger charge is 2.50. The molecule has 72 heavy (non-hydrogen) atoms. The summed E-state index contributed by atoms with van der Waals surface area (Å²) in [6.45, 7) is 22.5. The molecule has 8 rings (SSSR count). The van der Waals surface area contributed by atoms with E-state index in [1.807, 2.05) is 33.8 Å². The molecule has 0 aromatic heterocycles. The summed E-state index contributed by atoms with van der Waals surface area (Å²) in [6, 6.07) is 0. The lowest BCUT2D eigenvalue weighted by Crippen LogP contribution is -2.50. The van der Waals surface area contributed by atoms with Gasteiger partial charge in [0, 0.05) is 94.6 Å². The molecule has 6 aliphatic rings. The zero-order valence-corrected chi connectivity index (χ0v) is 43.5. The number of carbonyl (C=O) groups is 4. The summed E-state index contributed by atoms with van der Waals surface area (Å²) in [5, 5.41) is 48.3. The average Bonchev–Trinajstić information content (AvgIpc) is 3.84. The Bertz CT molecular complexity index is 2600. The van der Waals surface area contributed by atoms with Crippen LogP contribution in [0.5, 0.6) is 17.2 Å². The van der Waals surface area contributed by atoms with Crippen LogP contribution in [0.15, 0.2) is 46.1 Å². The van der Waals surface area contributed by atoms with Crippen LogP contribution in [0.3, 0.4) is 0 Å². The van der Waals surface area contributed by atoms with Gasteiger partial charge in [0.25, 0.3) is 11.7 Å². The van der Waals surface area contributed by atoms with Crippen molar-refractivity contribution in [3.63, 3.8) is 0 Å². The average molecular weight is 1000 g/mol. The Morgan fingerprint density at radius 3 is 2.31 bits per heavy atom. The Kier molecular flexibility index (Phi) is 17.2. The third kappa shape index (κ3) is 11.7. The Hall–Kier alpha value is -5.40. The van der Waals surface area contributed by atoms with Crippen LogP contribution < -0.4 is 20.8 Å². The van der Waals surface area contributed by atoms with Crippen LogP contribution in [0.1, 0.15) is 103 Å². The lowest BCUT2D eigenvalue weighted by atomic mass is 9.80. The van der Waals surface area contributed by atoms with Gasteiger partial charge in [-0.3, -0.25) is 34.1 Å². The van der Waals surface area contributed by atoms with E-state index in [9.17, 15) is 34.5 Å². The topological polar surface area (TPSA) is 233 Å². The number of amides is 2. The number of Topliss-reactive ketones (excluding diaryl/α,β-unsaturated/α-hetero) is 1. The van der Waals surface area contributed by atoms with E-state index in [0.717, 1.165) is 6.54 Å². The molecule has 2 aromatic carbocycles. The number of fused-ring (bicyclic) bond motifs is 13. The molecule has 1 spiro atoms. The molecule has 2 saturated heterocycles. The first-order valence-electron chi connectivity index (χ1n) is 25.7. The first-order valence-corrected chi connectivity index (χ1v) is 25.7. The number of hydrogen-bond acceptors (Lipinski definition) is 16. The van der Waals surface area contributed by atoms with Crippen molar-refractivity contribution in [3.05, 3.63) is 58.0 Å². The number of esters is 1. The molecule has 0 radical (unpaired) electrons. The van der Waals surface area contributed by atoms with Crippen molar-refractivity contribution >= 4 is 40.0 Å². The molecule has 0 saturated carbocycles. The van der Waals surface area contributed by atoms with E-state index in [0.29, 0.717) is 83.2 Å². The summed E-state index contributed by atoms with van der Waals surface area (Å²) >= 11 is 0. The second kappa shape index (κ2) is 22.8. The van der Waals surface area contributed by atoms with Crippen molar-refractivity contribution in [1.82, 2.24) is 14.7 Å². The number of hydrogen-bond donors (Lipinski definition) is 5. The Balaban J connectivity index is 1.20. The molecule has 7 atom stereocenters. The van der Waals surface area contributed by atoms with Gasteiger partial charge in [0.05, 0.1) is 48.5 Å². The molecular formula is C54H76N6O12. The summed E-state index contributed by atoms with van der Waals surface area (Å²) in [5.41, 5.74) is -0.437. The van der Waals surface area contributed by atoms with Gasteiger partial charge in [-0.1, -0.05) is 59.8 Å². The number of anilines is 1. The van der Waals surface area contributed by atoms with Gasteiger partial charge in [0.2, 0.25) is 5.91 Å². The number of nitrogens with zero attached hydrogens (tertiary/aromatic N) is 5. The summed E-state index contributed by atoms with van der Waals surface area (Å²) < 4.78 is 24.0. The van der Waals surface area contributed by atoms with Gasteiger partial charge >= 0.3 is 11.8 Å². The normalized spacial score (nSPS) is 28.9. The van der Waals surface area contributed by atoms with Gasteiger partial charge in [0.1, 0.15) is 35.1 Å². The smallest absolute Gasteiger partial charge is 0.315 e. The molecule has 5 bridgehead atoms. The molecule has 5 N–H and O–H groups in total. The monoisotopic (exact) mass is 1000 g/mol. The highest BCUT2D eigenvalue weighted by atomic mass is 16.7. The van der Waals surface area contributed by atoms with E-state index < -0.39 is 65.3 Å². The number of allylic oxidation sites excluding steroid dienone is 4. The van der Waals surface area contributed by atoms with Gasteiger partial charge in [-0.2, -0.15) is 0 Å². The van der Waals surface area contributed by atoms with Crippen molar-refractivity contribution in [2.24, 2.45) is 39.6 Å². The number of aliphatic hydroxyl groups is 2. The molecular weight excluding hydrogens is 925 g/mol. The van der Waals surface area contributed by atoms with Gasteiger partial charge in [0.15, 0.2) is 11.4 Å². The fourth-order valence-electron chi connectivity index (χ4n) is 10.8. The van der Waals surface area contributed by atoms with Crippen molar-refractivity contribution < 1.29 is 58.6 Å². The summed E-state index contributed by atoms with van der Waals surface area (Å²) in [7, 11) is 0. The fourth-order valence-corrected chi connectivity index (χ4v) is 10.8. The van der Waals surface area contributed by atoms with Crippen LogP contribution in [0.2, 0.25) is 0 Å². The number of piperazine rings is 1. The maximum absolute atomic E-state index is 14.8. The van der Waals surface area contributed by atoms with Crippen molar-refractivity contribution in [2.75, 3.05) is 77.5 Å². The van der Waals surface area contributed by atoms with Crippen molar-refractivity contribution in [1.29, 1.82) is 0 Å². The molecule has 394 valence electrons. The third-order valence-corrected chi connectivity index (χ3v) is 15.0. The summed E-state index contributed by atoms with van der Waals surface area (Å²) in [6.07, 6.45) is 8.13. The van der Waals surface area contributed by atoms with Crippen LogP contribution in [0, 0.1) is 36.5 Å². The molecule has 0 aliphatic carbocycles. The van der Waals surface area contributed by atoms with Crippen molar-refractivity contribution in [2.45, 2.75) is 118 Å². The largest absolute Gasteiger partial charge is 0.507 e. The number of ketones is 1. The Morgan fingerprint density at radius 2 is 1.62 bits per heavy atom. The molecule has 2 amide bonds. The number of ether oxygens (including phenoxy) is 4. The number of carbonyl (C=O) groups excluding carboxylic acids is 4. The van der Waals surface area contributed by atoms with Gasteiger partial charge < -0.3 is 54.5 Å². The van der Waals surface area contributed by atoms with E-state index in [2.05, 4.69) is 29.0 Å². The molecule has 18 heteroatoms. The minimum atomic E-state index is -1.93. The maximum Gasteiger partial charge on any atom is 0.315 e. The van der Waals surface area contributed by atoms with Gasteiger partial charge in [-0.05, 0) is 56.4 Å². The predicted octanol–water partition coefficient (Wildman–Crippen LogP) is 4.68. The van der Waals surface area contributed by atoms with Crippen LogP contribution in [0.25, 0.3) is 10.8 Å². The number of phenolic OH excluding ortho intramolecular Hbond substituents is 2. The molecule has 18 nitrogen and oxygen atoms in total. The number of piperidine rings is 1. The zero-order chi connectivity index (χ0) is 52.2. The SMILES string of the molecule is C/C1=C/C=C/C(C)C[C@@H](C)C(O)[C@@H](C)C(OC(=O)CC(=O)N2CCN(CCOCCO)CC2)[C@H](C)C/C=C/OC2(C)Oc3c(C)c(O)c4c(O)c(c5c(c4c3C2=O)=NC2(CCN(CC(C)C)CC2)N=5)NC1=O. The number of nitrogens with one attached hydrogen (secondary N) is 1. The van der Waals surface area contributed by atoms with Crippen LogP contribution in [0.4, 0.5) is 5.69 Å². The molecule has 4 unspecified atom stereocenters. The van der Waals surface area contributed by atoms with Crippen LogP contribution >= 0.6 is 0 Å². The summed E-state index contributed by atoms with van der Waals surface area (Å²) in [4.78, 5) is 72.5. The van der Waals surface area contributed by atoms with Crippen LogP contribution in [-0.2, 0) is 28.6 Å². The Morgan fingerprint density at radius 1 is 0.931 bits per heavy atom. The second-order valence-corrected chi connectivity index (χ2v) is 21.2. The van der Waals surface area contributed by atoms with Gasteiger partial charge in [-0.15, -0.1) is 0 Å². The highest BCUT2D eigenvalue weighted by Crippen LogP contribution is 2.50. The number of rotatable bonds is 10. The standard InChI is InChI=1S/C54H76N6O12/c1-31(2)30-59-17-15-54(16-18-59)56-43-40-41-47(65)37(8)50-42(40)51(67)53(9,72-50)70-25-11-14-33(4)49(71-39(63)29-38(62)60-21-19-58(20-22-60)23-26-69-27-24-61)36(7)46(64)35(6)28-32(3)12-10-13-34(5)52(68)55-45(48(41)66)44(43)57-54/h10-13,25,31-33,35-36,46,49,61,64-66H,14-24,26-30H2,1-9H3,(H,55,68)/b12-10+,25-11+,34-13-/t32?,33-,35-,36-,46?,49?,53?/m1/s1. The lowest BCUT2D eigenvalue weighted by molar-refractivity contribution is -0.161. The lowest BCUT2D eigenvalue weighted by Gasteiger charge is -2.36. The van der Waals surface area contributed by atoms with Crippen molar-refractivity contribution in [3.8, 4) is 17.2 Å². The number of likely N-dealkylation sites (tertiary alicyclic amines) is 1. The summed E-state index contributed by atoms with van der Waals surface area (Å²) in [5.74, 6) is -5.66. The number of aromatic hydroxyl groups is 2. The fraction of sp³-hybridized carbons (Fsp3) is 0.630. The van der Waals surface area contributed by atoms with Crippen LogP contribution in [-0.4, -0.2) is 155 Å². The third-order valence-electron chi connectivity index (χ3n) is 15.0. The first-order chi connectivity index (χ1) is 34.2. The zero-order valence-electron chi connectivity index (χ0n) is 43.5.